The number of carboxylic acid groups (broad SMARTS) is 1. The SMILES string of the molecule is CC(SC1CCCCC1=O)C(=O)O. The first-order valence-corrected chi connectivity index (χ1v) is 5.46. The van der Waals surface area contributed by atoms with Crippen molar-refractivity contribution >= 4 is 23.5 Å². The molecular weight excluding hydrogens is 188 g/mol. The minimum Gasteiger partial charge on any atom is -0.480 e. The first-order chi connectivity index (χ1) is 6.11. The topological polar surface area (TPSA) is 54.4 Å². The summed E-state index contributed by atoms with van der Waals surface area (Å²) < 4.78 is 0. The molecule has 2 atom stereocenters. The number of hydrogen-bond acceptors (Lipinski definition) is 3. The van der Waals surface area contributed by atoms with Crippen molar-refractivity contribution in [2.45, 2.75) is 43.1 Å². The van der Waals surface area contributed by atoms with E-state index in [2.05, 4.69) is 0 Å². The molecule has 1 N–H and O–H groups in total. The van der Waals surface area contributed by atoms with Crippen LogP contribution in [0.2, 0.25) is 0 Å². The number of ketones is 1. The van der Waals surface area contributed by atoms with Crippen molar-refractivity contribution in [3.8, 4) is 0 Å². The third kappa shape index (κ3) is 3.03. The van der Waals surface area contributed by atoms with Crippen LogP contribution in [0.25, 0.3) is 0 Å². The lowest BCUT2D eigenvalue weighted by atomic mass is 9.99. The van der Waals surface area contributed by atoms with Gasteiger partial charge in [0, 0.05) is 6.42 Å². The predicted molar refractivity (Wildman–Crippen MR) is 52.0 cm³/mol. The molecular formula is C9H14O3S. The van der Waals surface area contributed by atoms with Gasteiger partial charge in [0.2, 0.25) is 0 Å². The molecule has 0 amide bonds. The summed E-state index contributed by atoms with van der Waals surface area (Å²) in [6.07, 6.45) is 3.50. The summed E-state index contributed by atoms with van der Waals surface area (Å²) in [6, 6.07) is 0. The molecule has 2 unspecified atom stereocenters. The zero-order valence-corrected chi connectivity index (χ0v) is 8.47. The molecule has 13 heavy (non-hydrogen) atoms. The monoisotopic (exact) mass is 202 g/mol. The van der Waals surface area contributed by atoms with E-state index in [0.29, 0.717) is 6.42 Å². The zero-order chi connectivity index (χ0) is 9.84. The van der Waals surface area contributed by atoms with Crippen LogP contribution < -0.4 is 0 Å². The molecule has 4 heteroatoms. The van der Waals surface area contributed by atoms with Gasteiger partial charge in [0.1, 0.15) is 11.0 Å². The smallest absolute Gasteiger partial charge is 0.316 e. The largest absolute Gasteiger partial charge is 0.480 e. The Balaban J connectivity index is 2.42. The number of carbonyl (C=O) groups excluding carboxylic acids is 1. The van der Waals surface area contributed by atoms with Gasteiger partial charge in [0.15, 0.2) is 0 Å². The van der Waals surface area contributed by atoms with Crippen molar-refractivity contribution in [1.82, 2.24) is 0 Å². The molecule has 1 rings (SSSR count). The fraction of sp³-hybridized carbons (Fsp3) is 0.778. The van der Waals surface area contributed by atoms with Crippen LogP contribution in [0.3, 0.4) is 0 Å². The van der Waals surface area contributed by atoms with E-state index in [9.17, 15) is 9.59 Å². The molecule has 1 aliphatic carbocycles. The van der Waals surface area contributed by atoms with Crippen LogP contribution in [0.1, 0.15) is 32.6 Å². The molecule has 0 aliphatic heterocycles. The minimum absolute atomic E-state index is 0.0696. The lowest BCUT2D eigenvalue weighted by Gasteiger charge is -2.21. The number of hydrogen-bond donors (Lipinski definition) is 1. The predicted octanol–water partition coefficient (Wildman–Crippen LogP) is 1.70. The molecule has 0 heterocycles. The van der Waals surface area contributed by atoms with E-state index in [4.69, 9.17) is 5.11 Å². The molecule has 1 saturated carbocycles. The molecule has 0 bridgehead atoms. The fourth-order valence-corrected chi connectivity index (χ4v) is 2.58. The van der Waals surface area contributed by atoms with Crippen molar-refractivity contribution in [2.75, 3.05) is 0 Å². The summed E-state index contributed by atoms with van der Waals surface area (Å²) in [5.74, 6) is -0.604. The molecule has 74 valence electrons. The van der Waals surface area contributed by atoms with Gasteiger partial charge in [-0.15, -0.1) is 11.8 Å². The van der Waals surface area contributed by atoms with Gasteiger partial charge in [-0.05, 0) is 19.8 Å². The Hall–Kier alpha value is -0.510. The quantitative estimate of drug-likeness (QED) is 0.757. The standard InChI is InChI=1S/C9H14O3S/c1-6(9(11)12)13-8-5-3-2-4-7(8)10/h6,8H,2-5H2,1H3,(H,11,12). The Kier molecular flexibility index (Phi) is 3.78. The van der Waals surface area contributed by atoms with E-state index in [1.165, 1.54) is 11.8 Å². The molecule has 1 aliphatic rings. The highest BCUT2D eigenvalue weighted by Gasteiger charge is 2.26. The van der Waals surface area contributed by atoms with Crippen molar-refractivity contribution in [3.63, 3.8) is 0 Å². The molecule has 0 radical (unpaired) electrons. The first-order valence-electron chi connectivity index (χ1n) is 4.52. The van der Waals surface area contributed by atoms with Crippen molar-refractivity contribution in [3.05, 3.63) is 0 Å². The third-order valence-corrected chi connectivity index (χ3v) is 3.65. The van der Waals surface area contributed by atoms with Gasteiger partial charge in [0.05, 0.1) is 5.25 Å². The van der Waals surface area contributed by atoms with Crippen LogP contribution in [-0.2, 0) is 9.59 Å². The maximum atomic E-state index is 11.3. The van der Waals surface area contributed by atoms with Crippen molar-refractivity contribution < 1.29 is 14.7 Å². The van der Waals surface area contributed by atoms with Gasteiger partial charge in [-0.2, -0.15) is 0 Å². The highest BCUT2D eigenvalue weighted by molar-refractivity contribution is 8.01. The van der Waals surface area contributed by atoms with Gasteiger partial charge >= 0.3 is 5.97 Å². The number of carboxylic acids is 1. The minimum atomic E-state index is -0.830. The summed E-state index contributed by atoms with van der Waals surface area (Å²) in [6.45, 7) is 1.63. The van der Waals surface area contributed by atoms with Crippen LogP contribution in [0.15, 0.2) is 0 Å². The Morgan fingerprint density at radius 2 is 2.31 bits per heavy atom. The molecule has 0 aromatic heterocycles. The van der Waals surface area contributed by atoms with Crippen LogP contribution in [0.4, 0.5) is 0 Å². The van der Waals surface area contributed by atoms with Gasteiger partial charge < -0.3 is 5.11 Å². The van der Waals surface area contributed by atoms with Crippen molar-refractivity contribution in [2.24, 2.45) is 0 Å². The fourth-order valence-electron chi connectivity index (χ4n) is 1.40. The van der Waals surface area contributed by atoms with Gasteiger partial charge in [-0.3, -0.25) is 9.59 Å². The first kappa shape index (κ1) is 10.6. The maximum Gasteiger partial charge on any atom is 0.316 e. The molecule has 0 aromatic rings. The third-order valence-electron chi connectivity index (χ3n) is 2.21. The Labute approximate surface area is 81.9 Å². The summed E-state index contributed by atoms with van der Waals surface area (Å²) in [5, 5.41) is 8.13. The van der Waals surface area contributed by atoms with E-state index in [0.717, 1.165) is 19.3 Å². The van der Waals surface area contributed by atoms with E-state index < -0.39 is 11.2 Å². The lowest BCUT2D eigenvalue weighted by molar-refractivity contribution is -0.136. The Bertz CT molecular complexity index is 215. The Morgan fingerprint density at radius 1 is 1.62 bits per heavy atom. The average Bonchev–Trinajstić information content (AvgIpc) is 2.08. The number of Topliss-reactive ketones (excluding diaryl/α,β-unsaturated/α-hetero) is 1. The molecule has 0 spiro atoms. The summed E-state index contributed by atoms with van der Waals surface area (Å²) >= 11 is 1.29. The highest BCUT2D eigenvalue weighted by atomic mass is 32.2. The van der Waals surface area contributed by atoms with E-state index in [1.807, 2.05) is 0 Å². The van der Waals surface area contributed by atoms with Crippen LogP contribution >= 0.6 is 11.8 Å². The second-order valence-corrected chi connectivity index (χ2v) is 4.87. The van der Waals surface area contributed by atoms with Crippen LogP contribution in [-0.4, -0.2) is 27.4 Å². The Morgan fingerprint density at radius 3 is 2.85 bits per heavy atom. The number of carbonyl (C=O) groups is 2. The average molecular weight is 202 g/mol. The number of aliphatic carboxylic acids is 1. The van der Waals surface area contributed by atoms with Gasteiger partial charge in [-0.1, -0.05) is 6.42 Å². The summed E-state index contributed by atoms with van der Waals surface area (Å²) in [5.41, 5.74) is 0. The molecule has 0 saturated heterocycles. The number of thioether (sulfide) groups is 1. The second kappa shape index (κ2) is 4.65. The second-order valence-electron chi connectivity index (χ2n) is 3.32. The van der Waals surface area contributed by atoms with E-state index in [-0.39, 0.29) is 11.0 Å². The molecule has 1 fully saturated rings. The number of rotatable bonds is 3. The molecule has 0 aromatic carbocycles. The summed E-state index contributed by atoms with van der Waals surface area (Å²) in [4.78, 5) is 21.9. The maximum absolute atomic E-state index is 11.3. The van der Waals surface area contributed by atoms with E-state index >= 15 is 0 Å². The van der Waals surface area contributed by atoms with Gasteiger partial charge in [-0.25, -0.2) is 0 Å². The lowest BCUT2D eigenvalue weighted by Crippen LogP contribution is -2.26. The van der Waals surface area contributed by atoms with Crippen LogP contribution in [0, 0.1) is 0 Å². The van der Waals surface area contributed by atoms with Crippen LogP contribution in [0.5, 0.6) is 0 Å². The highest BCUT2D eigenvalue weighted by Crippen LogP contribution is 2.28. The summed E-state index contributed by atoms with van der Waals surface area (Å²) in [7, 11) is 0. The molecule has 3 nitrogen and oxygen atoms in total. The normalized spacial score (nSPS) is 25.6. The zero-order valence-electron chi connectivity index (χ0n) is 7.66. The van der Waals surface area contributed by atoms with E-state index in [1.54, 1.807) is 6.92 Å². The van der Waals surface area contributed by atoms with Crippen molar-refractivity contribution in [1.29, 1.82) is 0 Å². The van der Waals surface area contributed by atoms with Gasteiger partial charge in [0.25, 0.3) is 0 Å².